The van der Waals surface area contributed by atoms with E-state index in [0.717, 1.165) is 12.8 Å². The van der Waals surface area contributed by atoms with Crippen molar-refractivity contribution < 1.29 is 9.53 Å². The Kier molecular flexibility index (Phi) is 7.23. The van der Waals surface area contributed by atoms with E-state index in [2.05, 4.69) is 40.8 Å². The Morgan fingerprint density at radius 3 is 2.75 bits per heavy atom. The predicted octanol–water partition coefficient (Wildman–Crippen LogP) is 4.69. The Balaban J connectivity index is 2.42. The third-order valence-corrected chi connectivity index (χ3v) is 3.33. The molecule has 1 aromatic heterocycles. The van der Waals surface area contributed by atoms with Gasteiger partial charge >= 0.3 is 5.97 Å². The maximum Gasteiger partial charge on any atom is 0.358 e. The molecule has 0 unspecified atom stereocenters. The van der Waals surface area contributed by atoms with Gasteiger partial charge in [0.2, 0.25) is 0 Å². The van der Waals surface area contributed by atoms with Crippen LogP contribution in [-0.2, 0) is 4.74 Å². The normalized spacial score (nSPS) is 11.1. The second-order valence-electron chi connectivity index (χ2n) is 4.80. The van der Waals surface area contributed by atoms with Crippen molar-refractivity contribution in [3.8, 4) is 0 Å². The van der Waals surface area contributed by atoms with Gasteiger partial charge < -0.3 is 4.74 Å². The van der Waals surface area contributed by atoms with Crippen molar-refractivity contribution in [2.45, 2.75) is 33.6 Å². The van der Waals surface area contributed by atoms with E-state index in [0.29, 0.717) is 10.2 Å². The number of halogens is 1. The van der Waals surface area contributed by atoms with Gasteiger partial charge in [0.05, 0.1) is 4.47 Å². The molecule has 0 aliphatic rings. The molecule has 4 heteroatoms. The van der Waals surface area contributed by atoms with Crippen LogP contribution in [0.4, 0.5) is 0 Å². The molecule has 0 amide bonds. The van der Waals surface area contributed by atoms with Gasteiger partial charge in [-0.2, -0.15) is 0 Å². The molecule has 0 aliphatic heterocycles. The van der Waals surface area contributed by atoms with Crippen LogP contribution in [0, 0.1) is 0 Å². The quantitative estimate of drug-likeness (QED) is 0.558. The summed E-state index contributed by atoms with van der Waals surface area (Å²) in [7, 11) is 0. The molecule has 0 N–H and O–H groups in total. The number of allylic oxidation sites excluding steroid dienone is 3. The molecule has 0 spiro atoms. The number of rotatable bonds is 6. The number of aromatic nitrogens is 1. The SMILES string of the molecule is CC(C)=CCC/C(C)=C/COC(=O)c1ncccc1Br. The number of carbonyl (C=O) groups excluding carboxylic acids is 1. The molecule has 0 saturated carbocycles. The second-order valence-corrected chi connectivity index (χ2v) is 5.66. The lowest BCUT2D eigenvalue weighted by Gasteiger charge is -2.04. The molecule has 1 heterocycles. The molecule has 0 radical (unpaired) electrons. The lowest BCUT2D eigenvalue weighted by molar-refractivity contribution is 0.0541. The maximum atomic E-state index is 11.8. The summed E-state index contributed by atoms with van der Waals surface area (Å²) < 4.78 is 5.83. The highest BCUT2D eigenvalue weighted by Gasteiger charge is 2.11. The van der Waals surface area contributed by atoms with Crippen molar-refractivity contribution >= 4 is 21.9 Å². The van der Waals surface area contributed by atoms with E-state index >= 15 is 0 Å². The van der Waals surface area contributed by atoms with Crippen molar-refractivity contribution in [1.29, 1.82) is 0 Å². The molecular formula is C16H20BrNO2. The molecular weight excluding hydrogens is 318 g/mol. The molecule has 0 saturated heterocycles. The third-order valence-electron chi connectivity index (χ3n) is 2.69. The molecule has 3 nitrogen and oxygen atoms in total. The Bertz CT molecular complexity index is 517. The summed E-state index contributed by atoms with van der Waals surface area (Å²) >= 11 is 3.28. The van der Waals surface area contributed by atoms with E-state index < -0.39 is 5.97 Å². The number of carbonyl (C=O) groups is 1. The van der Waals surface area contributed by atoms with Crippen LogP contribution >= 0.6 is 15.9 Å². The highest BCUT2D eigenvalue weighted by atomic mass is 79.9. The number of ether oxygens (including phenoxy) is 1. The Morgan fingerprint density at radius 2 is 2.10 bits per heavy atom. The monoisotopic (exact) mass is 337 g/mol. The zero-order valence-electron chi connectivity index (χ0n) is 12.1. The number of pyridine rings is 1. The van der Waals surface area contributed by atoms with Crippen LogP contribution in [0.2, 0.25) is 0 Å². The summed E-state index contributed by atoms with van der Waals surface area (Å²) in [5, 5.41) is 0. The molecule has 20 heavy (non-hydrogen) atoms. The van der Waals surface area contributed by atoms with Crippen LogP contribution in [0.15, 0.2) is 46.1 Å². The largest absolute Gasteiger partial charge is 0.457 e. The van der Waals surface area contributed by atoms with Crippen molar-refractivity contribution in [3.63, 3.8) is 0 Å². The molecule has 0 aromatic carbocycles. The predicted molar refractivity (Wildman–Crippen MR) is 84.6 cm³/mol. The van der Waals surface area contributed by atoms with Crippen molar-refractivity contribution in [1.82, 2.24) is 4.98 Å². The first kappa shape index (κ1) is 16.6. The Hall–Kier alpha value is -1.42. The molecule has 1 aromatic rings. The van der Waals surface area contributed by atoms with Gasteiger partial charge in [-0.05, 0) is 67.8 Å². The number of hydrogen-bond acceptors (Lipinski definition) is 3. The smallest absolute Gasteiger partial charge is 0.358 e. The molecule has 0 atom stereocenters. The van der Waals surface area contributed by atoms with Crippen LogP contribution in [0.5, 0.6) is 0 Å². The first-order chi connectivity index (χ1) is 9.50. The van der Waals surface area contributed by atoms with Gasteiger partial charge in [0, 0.05) is 6.20 Å². The maximum absolute atomic E-state index is 11.8. The minimum Gasteiger partial charge on any atom is -0.457 e. The van der Waals surface area contributed by atoms with Gasteiger partial charge in [0.25, 0.3) is 0 Å². The molecule has 0 fully saturated rings. The number of hydrogen-bond donors (Lipinski definition) is 0. The zero-order valence-corrected chi connectivity index (χ0v) is 13.7. The topological polar surface area (TPSA) is 39.2 Å². The third kappa shape index (κ3) is 6.15. The minimum absolute atomic E-state index is 0.280. The fourth-order valence-electron chi connectivity index (χ4n) is 1.55. The minimum atomic E-state index is -0.411. The first-order valence-electron chi connectivity index (χ1n) is 6.57. The van der Waals surface area contributed by atoms with E-state index in [1.807, 2.05) is 13.0 Å². The number of esters is 1. The lowest BCUT2D eigenvalue weighted by atomic mass is 10.1. The van der Waals surface area contributed by atoms with E-state index in [1.165, 1.54) is 11.1 Å². The summed E-state index contributed by atoms with van der Waals surface area (Å²) in [6, 6.07) is 3.53. The lowest BCUT2D eigenvalue weighted by Crippen LogP contribution is -2.08. The van der Waals surface area contributed by atoms with Crippen LogP contribution in [0.1, 0.15) is 44.1 Å². The molecule has 1 rings (SSSR count). The zero-order chi connectivity index (χ0) is 15.0. The van der Waals surface area contributed by atoms with E-state index in [1.54, 1.807) is 18.3 Å². The van der Waals surface area contributed by atoms with E-state index in [-0.39, 0.29) is 6.61 Å². The summed E-state index contributed by atoms with van der Waals surface area (Å²) in [5.74, 6) is -0.411. The summed E-state index contributed by atoms with van der Waals surface area (Å²) in [6.45, 7) is 6.50. The standard InChI is InChI=1S/C16H20BrNO2/c1-12(2)6-4-7-13(3)9-11-20-16(19)15-14(17)8-5-10-18-15/h5-6,8-10H,4,7,11H2,1-3H3/b13-9+. The van der Waals surface area contributed by atoms with Crippen molar-refractivity contribution in [3.05, 3.63) is 51.8 Å². The van der Waals surface area contributed by atoms with E-state index in [9.17, 15) is 4.79 Å². The average molecular weight is 338 g/mol. The first-order valence-corrected chi connectivity index (χ1v) is 7.36. The van der Waals surface area contributed by atoms with Gasteiger partial charge in [-0.25, -0.2) is 9.78 Å². The molecule has 108 valence electrons. The van der Waals surface area contributed by atoms with Gasteiger partial charge in [-0.15, -0.1) is 0 Å². The van der Waals surface area contributed by atoms with Crippen molar-refractivity contribution in [2.24, 2.45) is 0 Å². The van der Waals surface area contributed by atoms with Crippen molar-refractivity contribution in [2.75, 3.05) is 6.61 Å². The fraction of sp³-hybridized carbons (Fsp3) is 0.375. The van der Waals surface area contributed by atoms with Gasteiger partial charge in [-0.3, -0.25) is 0 Å². The highest BCUT2D eigenvalue weighted by molar-refractivity contribution is 9.10. The molecule has 0 aliphatic carbocycles. The van der Waals surface area contributed by atoms with Gasteiger partial charge in [-0.1, -0.05) is 17.2 Å². The average Bonchev–Trinajstić information content (AvgIpc) is 2.38. The Labute approximate surface area is 128 Å². The fourth-order valence-corrected chi connectivity index (χ4v) is 1.97. The summed E-state index contributed by atoms with van der Waals surface area (Å²) in [6.07, 6.45) is 7.71. The summed E-state index contributed by atoms with van der Waals surface area (Å²) in [4.78, 5) is 15.8. The van der Waals surface area contributed by atoms with E-state index in [4.69, 9.17) is 4.74 Å². The van der Waals surface area contributed by atoms with Crippen LogP contribution < -0.4 is 0 Å². The second kappa shape index (κ2) is 8.69. The Morgan fingerprint density at radius 1 is 1.35 bits per heavy atom. The van der Waals surface area contributed by atoms with Gasteiger partial charge in [0.1, 0.15) is 6.61 Å². The van der Waals surface area contributed by atoms with Crippen LogP contribution in [-0.4, -0.2) is 17.6 Å². The summed E-state index contributed by atoms with van der Waals surface area (Å²) in [5.41, 5.74) is 2.85. The van der Waals surface area contributed by atoms with Crippen LogP contribution in [0.25, 0.3) is 0 Å². The highest BCUT2D eigenvalue weighted by Crippen LogP contribution is 2.14. The molecule has 0 bridgehead atoms. The van der Waals surface area contributed by atoms with Gasteiger partial charge in [0.15, 0.2) is 5.69 Å². The van der Waals surface area contributed by atoms with Crippen LogP contribution in [0.3, 0.4) is 0 Å². The number of nitrogens with zero attached hydrogens (tertiary/aromatic N) is 1.